The van der Waals surface area contributed by atoms with Gasteiger partial charge in [0, 0.05) is 33.2 Å². The number of imidazole rings is 1. The fourth-order valence-electron chi connectivity index (χ4n) is 2.06. The normalized spacial score (nSPS) is 16.7. The lowest BCUT2D eigenvalue weighted by molar-refractivity contribution is 0.586. The van der Waals surface area contributed by atoms with E-state index < -0.39 is 0 Å². The molecule has 0 bridgehead atoms. The van der Waals surface area contributed by atoms with Gasteiger partial charge in [0.15, 0.2) is 17.0 Å². The molecule has 0 aromatic carbocycles. The zero-order valence-corrected chi connectivity index (χ0v) is 10.3. The third-order valence-corrected chi connectivity index (χ3v) is 3.10. The van der Waals surface area contributed by atoms with E-state index in [1.165, 1.54) is 0 Å². The van der Waals surface area contributed by atoms with Crippen LogP contribution in [0.5, 0.6) is 0 Å². The molecule has 7 heteroatoms. The second kappa shape index (κ2) is 4.12. The summed E-state index contributed by atoms with van der Waals surface area (Å²) in [6.07, 6.45) is 1.74. The molecule has 0 saturated carbocycles. The molecular weight excluding hydrogens is 240 g/mol. The van der Waals surface area contributed by atoms with Crippen LogP contribution < -0.4 is 10.2 Å². The summed E-state index contributed by atoms with van der Waals surface area (Å²) < 4.78 is 1.86. The largest absolute Gasteiger partial charge is 0.352 e. The van der Waals surface area contributed by atoms with E-state index in [0.717, 1.165) is 43.2 Å². The first-order valence-electron chi connectivity index (χ1n) is 5.56. The number of rotatable bonds is 1. The van der Waals surface area contributed by atoms with Crippen molar-refractivity contribution in [2.24, 2.45) is 7.05 Å². The van der Waals surface area contributed by atoms with E-state index in [1.54, 1.807) is 6.33 Å². The summed E-state index contributed by atoms with van der Waals surface area (Å²) in [5.41, 5.74) is 1.59. The summed E-state index contributed by atoms with van der Waals surface area (Å²) in [6, 6.07) is 0. The van der Waals surface area contributed by atoms with E-state index in [4.69, 9.17) is 11.6 Å². The minimum absolute atomic E-state index is 0.273. The topological polar surface area (TPSA) is 58.9 Å². The quantitative estimate of drug-likeness (QED) is 0.746. The van der Waals surface area contributed by atoms with Gasteiger partial charge >= 0.3 is 0 Å². The fourth-order valence-corrected chi connectivity index (χ4v) is 2.22. The zero-order chi connectivity index (χ0) is 11.8. The summed E-state index contributed by atoms with van der Waals surface area (Å²) in [7, 11) is 1.90. The molecule has 2 aromatic heterocycles. The minimum Gasteiger partial charge on any atom is -0.352 e. The number of fused-ring (bicyclic) bond motifs is 1. The van der Waals surface area contributed by atoms with Crippen LogP contribution in [-0.2, 0) is 7.05 Å². The van der Waals surface area contributed by atoms with Gasteiger partial charge in [0.25, 0.3) is 0 Å². The number of hydrogen-bond acceptors (Lipinski definition) is 5. The van der Waals surface area contributed by atoms with Crippen molar-refractivity contribution in [1.29, 1.82) is 0 Å². The average Bonchev–Trinajstić information content (AvgIpc) is 2.72. The maximum Gasteiger partial charge on any atom is 0.226 e. The molecule has 2 aromatic rings. The number of hydrogen-bond donors (Lipinski definition) is 1. The molecule has 0 aliphatic carbocycles. The van der Waals surface area contributed by atoms with Crippen molar-refractivity contribution >= 4 is 28.6 Å². The minimum atomic E-state index is 0.273. The number of aryl methyl sites for hydroxylation is 1. The van der Waals surface area contributed by atoms with Crippen LogP contribution in [0, 0.1) is 0 Å². The molecule has 6 nitrogen and oxygen atoms in total. The van der Waals surface area contributed by atoms with Crippen LogP contribution in [0.15, 0.2) is 6.33 Å². The highest BCUT2D eigenvalue weighted by Crippen LogP contribution is 2.23. The van der Waals surface area contributed by atoms with Gasteiger partial charge in [-0.1, -0.05) is 0 Å². The van der Waals surface area contributed by atoms with Crippen LogP contribution in [0.1, 0.15) is 0 Å². The van der Waals surface area contributed by atoms with E-state index >= 15 is 0 Å². The highest BCUT2D eigenvalue weighted by Gasteiger charge is 2.18. The number of aromatic nitrogens is 4. The molecule has 0 atom stereocenters. The van der Waals surface area contributed by atoms with Crippen LogP contribution in [0.2, 0.25) is 5.28 Å². The van der Waals surface area contributed by atoms with Gasteiger partial charge in [0.05, 0.1) is 6.33 Å². The van der Waals surface area contributed by atoms with Crippen molar-refractivity contribution in [2.45, 2.75) is 0 Å². The van der Waals surface area contributed by atoms with Crippen molar-refractivity contribution in [3.63, 3.8) is 0 Å². The Bertz CT molecular complexity index is 545. The van der Waals surface area contributed by atoms with Gasteiger partial charge in [0.1, 0.15) is 0 Å². The first-order valence-corrected chi connectivity index (χ1v) is 5.94. The van der Waals surface area contributed by atoms with Gasteiger partial charge in [0.2, 0.25) is 5.28 Å². The van der Waals surface area contributed by atoms with Crippen LogP contribution in [0.3, 0.4) is 0 Å². The molecule has 1 saturated heterocycles. The van der Waals surface area contributed by atoms with Gasteiger partial charge < -0.3 is 14.8 Å². The summed E-state index contributed by atoms with van der Waals surface area (Å²) in [6.45, 7) is 3.74. The number of halogens is 1. The molecule has 1 aliphatic rings. The SMILES string of the molecule is Cn1cnc2c(N3CCNCC3)nc(Cl)nc21. The second-order valence-electron chi connectivity index (χ2n) is 4.08. The third kappa shape index (κ3) is 1.83. The predicted molar refractivity (Wildman–Crippen MR) is 66.4 cm³/mol. The molecule has 0 unspecified atom stereocenters. The molecule has 3 heterocycles. The maximum atomic E-state index is 5.97. The smallest absolute Gasteiger partial charge is 0.226 e. The first kappa shape index (κ1) is 10.7. The lowest BCUT2D eigenvalue weighted by Crippen LogP contribution is -2.44. The zero-order valence-electron chi connectivity index (χ0n) is 9.52. The Morgan fingerprint density at radius 3 is 2.82 bits per heavy atom. The van der Waals surface area contributed by atoms with E-state index in [9.17, 15) is 0 Å². The molecule has 0 radical (unpaired) electrons. The Hall–Kier alpha value is -1.40. The number of nitrogens with zero attached hydrogens (tertiary/aromatic N) is 5. The third-order valence-electron chi connectivity index (χ3n) is 2.93. The molecular formula is C10H13ClN6. The standard InChI is InChI=1S/C10H13ClN6/c1-16-6-13-7-8(16)14-10(11)15-9(7)17-4-2-12-3-5-17/h6,12H,2-5H2,1H3. The summed E-state index contributed by atoms with van der Waals surface area (Å²) >= 11 is 5.97. The Morgan fingerprint density at radius 1 is 1.29 bits per heavy atom. The second-order valence-corrected chi connectivity index (χ2v) is 4.42. The molecule has 17 heavy (non-hydrogen) atoms. The van der Waals surface area contributed by atoms with E-state index in [0.29, 0.717) is 0 Å². The lowest BCUT2D eigenvalue weighted by atomic mass is 10.3. The molecule has 1 fully saturated rings. The summed E-state index contributed by atoms with van der Waals surface area (Å²) in [5.74, 6) is 0.835. The number of piperazine rings is 1. The van der Waals surface area contributed by atoms with Gasteiger partial charge in [-0.2, -0.15) is 9.97 Å². The van der Waals surface area contributed by atoms with Crippen LogP contribution >= 0.6 is 11.6 Å². The van der Waals surface area contributed by atoms with E-state index in [2.05, 4.69) is 25.2 Å². The van der Waals surface area contributed by atoms with E-state index in [-0.39, 0.29) is 5.28 Å². The summed E-state index contributed by atoms with van der Waals surface area (Å²) in [4.78, 5) is 15.1. The molecule has 0 amide bonds. The van der Waals surface area contributed by atoms with Gasteiger partial charge in [-0.25, -0.2) is 4.98 Å². The molecule has 1 aliphatic heterocycles. The molecule has 0 spiro atoms. The van der Waals surface area contributed by atoms with Crippen molar-refractivity contribution in [3.8, 4) is 0 Å². The Balaban J connectivity index is 2.13. The van der Waals surface area contributed by atoms with Crippen molar-refractivity contribution < 1.29 is 0 Å². The Labute approximate surface area is 104 Å². The number of nitrogens with one attached hydrogen (secondary N) is 1. The average molecular weight is 253 g/mol. The highest BCUT2D eigenvalue weighted by atomic mass is 35.5. The molecule has 90 valence electrons. The predicted octanol–water partition coefficient (Wildman–Crippen LogP) is 0.426. The van der Waals surface area contributed by atoms with Crippen molar-refractivity contribution in [3.05, 3.63) is 11.6 Å². The van der Waals surface area contributed by atoms with Crippen molar-refractivity contribution in [1.82, 2.24) is 24.8 Å². The number of anilines is 1. The van der Waals surface area contributed by atoms with Gasteiger partial charge in [-0.3, -0.25) is 0 Å². The first-order chi connectivity index (χ1) is 8.25. The Morgan fingerprint density at radius 2 is 2.06 bits per heavy atom. The highest BCUT2D eigenvalue weighted by molar-refractivity contribution is 6.28. The van der Waals surface area contributed by atoms with Crippen LogP contribution in [0.4, 0.5) is 5.82 Å². The van der Waals surface area contributed by atoms with E-state index in [1.807, 2.05) is 11.6 Å². The monoisotopic (exact) mass is 252 g/mol. The molecule has 3 rings (SSSR count). The van der Waals surface area contributed by atoms with Crippen LogP contribution in [-0.4, -0.2) is 45.7 Å². The van der Waals surface area contributed by atoms with Gasteiger partial charge in [-0.05, 0) is 11.6 Å². The fraction of sp³-hybridized carbons (Fsp3) is 0.500. The maximum absolute atomic E-state index is 5.97. The lowest BCUT2D eigenvalue weighted by Gasteiger charge is -2.28. The molecule has 1 N–H and O–H groups in total. The van der Waals surface area contributed by atoms with Crippen molar-refractivity contribution in [2.75, 3.05) is 31.1 Å². The summed E-state index contributed by atoms with van der Waals surface area (Å²) in [5, 5.41) is 3.58. The van der Waals surface area contributed by atoms with Crippen LogP contribution in [0.25, 0.3) is 11.2 Å². The Kier molecular flexibility index (Phi) is 2.60. The van der Waals surface area contributed by atoms with Gasteiger partial charge in [-0.15, -0.1) is 0 Å².